The van der Waals surface area contributed by atoms with E-state index in [1.54, 1.807) is 11.3 Å². The zero-order valence-electron chi connectivity index (χ0n) is 11.1. The number of halogens is 1. The molecule has 0 saturated heterocycles. The number of thiophene rings is 1. The highest BCUT2D eigenvalue weighted by atomic mass is 79.9. The van der Waals surface area contributed by atoms with E-state index in [9.17, 15) is 0 Å². The molecule has 0 aliphatic carbocycles. The maximum Gasteiger partial charge on any atom is 0.228 e. The van der Waals surface area contributed by atoms with Crippen molar-refractivity contribution in [2.45, 2.75) is 39.2 Å². The molecule has 2 rings (SSSR count). The van der Waals surface area contributed by atoms with Crippen molar-refractivity contribution >= 4 is 27.3 Å². The second kappa shape index (κ2) is 7.17. The van der Waals surface area contributed by atoms with Crippen molar-refractivity contribution in [2.75, 3.05) is 6.54 Å². The van der Waals surface area contributed by atoms with Crippen LogP contribution in [-0.2, 0) is 6.42 Å². The number of nitrogens with zero attached hydrogens (tertiary/aromatic N) is 2. The van der Waals surface area contributed by atoms with Gasteiger partial charge in [0.25, 0.3) is 0 Å². The lowest BCUT2D eigenvalue weighted by Crippen LogP contribution is -2.31. The number of nitrogens with one attached hydrogen (secondary N) is 1. The summed E-state index contributed by atoms with van der Waals surface area (Å²) in [5, 5.41) is 7.53. The number of rotatable bonds is 7. The Morgan fingerprint density at radius 1 is 1.42 bits per heavy atom. The zero-order valence-corrected chi connectivity index (χ0v) is 13.6. The normalized spacial score (nSPS) is 12.8. The van der Waals surface area contributed by atoms with Crippen LogP contribution in [0.15, 0.2) is 20.4 Å². The highest BCUT2D eigenvalue weighted by Gasteiger charge is 2.14. The van der Waals surface area contributed by atoms with Gasteiger partial charge >= 0.3 is 0 Å². The molecule has 0 fully saturated rings. The number of aromatic nitrogens is 2. The molecule has 104 valence electrons. The van der Waals surface area contributed by atoms with Gasteiger partial charge in [0, 0.05) is 12.5 Å². The van der Waals surface area contributed by atoms with Gasteiger partial charge in [-0.3, -0.25) is 0 Å². The van der Waals surface area contributed by atoms with Gasteiger partial charge < -0.3 is 9.84 Å². The third-order valence-electron chi connectivity index (χ3n) is 2.86. The Hall–Kier alpha value is -0.720. The van der Waals surface area contributed by atoms with Crippen LogP contribution in [0.4, 0.5) is 0 Å². The Morgan fingerprint density at radius 3 is 2.89 bits per heavy atom. The molecule has 0 radical (unpaired) electrons. The molecule has 0 spiro atoms. The summed E-state index contributed by atoms with van der Waals surface area (Å²) >= 11 is 5.05. The third kappa shape index (κ3) is 4.12. The predicted molar refractivity (Wildman–Crippen MR) is 81.4 cm³/mol. The summed E-state index contributed by atoms with van der Waals surface area (Å²) < 4.78 is 6.40. The Balaban J connectivity index is 2.00. The molecule has 4 nitrogen and oxygen atoms in total. The van der Waals surface area contributed by atoms with Crippen LogP contribution in [0, 0.1) is 0 Å². The lowest BCUT2D eigenvalue weighted by molar-refractivity contribution is 0.354. The third-order valence-corrected chi connectivity index (χ3v) is 4.48. The molecule has 1 atom stereocenters. The summed E-state index contributed by atoms with van der Waals surface area (Å²) in [6.07, 6.45) is 2.98. The monoisotopic (exact) mass is 343 g/mol. The van der Waals surface area contributed by atoms with Crippen LogP contribution in [0.1, 0.15) is 32.6 Å². The topological polar surface area (TPSA) is 51.0 Å². The van der Waals surface area contributed by atoms with E-state index in [-0.39, 0.29) is 0 Å². The van der Waals surface area contributed by atoms with Gasteiger partial charge in [-0.25, -0.2) is 0 Å². The molecule has 2 aromatic heterocycles. The first-order valence-electron chi connectivity index (χ1n) is 6.54. The molecule has 19 heavy (non-hydrogen) atoms. The van der Waals surface area contributed by atoms with Crippen molar-refractivity contribution in [3.8, 4) is 10.7 Å². The lowest BCUT2D eigenvalue weighted by Gasteiger charge is -2.13. The Labute approximate surface area is 125 Å². The van der Waals surface area contributed by atoms with Gasteiger partial charge in [0.15, 0.2) is 0 Å². The fourth-order valence-corrected chi connectivity index (χ4v) is 3.10. The van der Waals surface area contributed by atoms with Gasteiger partial charge in [0.2, 0.25) is 11.7 Å². The molecule has 0 bridgehead atoms. The van der Waals surface area contributed by atoms with Crippen LogP contribution < -0.4 is 5.32 Å². The van der Waals surface area contributed by atoms with Crippen molar-refractivity contribution in [2.24, 2.45) is 0 Å². The minimum atomic E-state index is 0.406. The van der Waals surface area contributed by atoms with Gasteiger partial charge in [-0.2, -0.15) is 4.98 Å². The number of hydrogen-bond acceptors (Lipinski definition) is 5. The number of hydrogen-bond donors (Lipinski definition) is 1. The average molecular weight is 344 g/mol. The second-order valence-corrected chi connectivity index (χ2v) is 6.84. The van der Waals surface area contributed by atoms with E-state index in [0.717, 1.165) is 34.5 Å². The smallest absolute Gasteiger partial charge is 0.228 e. The molecule has 0 amide bonds. The van der Waals surface area contributed by atoms with Crippen molar-refractivity contribution in [1.82, 2.24) is 15.5 Å². The minimum Gasteiger partial charge on any atom is -0.339 e. The lowest BCUT2D eigenvalue weighted by atomic mass is 10.1. The highest BCUT2D eigenvalue weighted by molar-refractivity contribution is 9.11. The van der Waals surface area contributed by atoms with Crippen LogP contribution in [-0.4, -0.2) is 22.7 Å². The summed E-state index contributed by atoms with van der Waals surface area (Å²) in [5.41, 5.74) is 0. The quantitative estimate of drug-likeness (QED) is 0.828. The van der Waals surface area contributed by atoms with Crippen molar-refractivity contribution < 1.29 is 4.52 Å². The Morgan fingerprint density at radius 2 is 2.26 bits per heavy atom. The SMILES string of the molecule is CCCNC(CC)Cc1nc(-c2ccc(Br)s2)no1. The van der Waals surface area contributed by atoms with Crippen molar-refractivity contribution in [3.63, 3.8) is 0 Å². The summed E-state index contributed by atoms with van der Waals surface area (Å²) in [6, 6.07) is 4.40. The van der Waals surface area contributed by atoms with Gasteiger partial charge in [-0.15, -0.1) is 11.3 Å². The van der Waals surface area contributed by atoms with Crippen LogP contribution in [0.2, 0.25) is 0 Å². The van der Waals surface area contributed by atoms with Crippen molar-refractivity contribution in [3.05, 3.63) is 21.8 Å². The predicted octanol–water partition coefficient (Wildman–Crippen LogP) is 3.88. The second-order valence-electron chi connectivity index (χ2n) is 4.38. The maximum absolute atomic E-state index is 5.33. The summed E-state index contributed by atoms with van der Waals surface area (Å²) in [5.74, 6) is 1.38. The van der Waals surface area contributed by atoms with E-state index < -0.39 is 0 Å². The fourth-order valence-electron chi connectivity index (χ4n) is 1.79. The van der Waals surface area contributed by atoms with E-state index in [2.05, 4.69) is 45.2 Å². The Bertz CT molecular complexity index is 511. The van der Waals surface area contributed by atoms with E-state index in [4.69, 9.17) is 4.52 Å². The summed E-state index contributed by atoms with van der Waals surface area (Å²) in [4.78, 5) is 5.49. The van der Waals surface area contributed by atoms with Gasteiger partial charge in [-0.05, 0) is 47.4 Å². The maximum atomic E-state index is 5.33. The van der Waals surface area contributed by atoms with Crippen LogP contribution in [0.3, 0.4) is 0 Å². The minimum absolute atomic E-state index is 0.406. The first-order chi connectivity index (χ1) is 9.22. The summed E-state index contributed by atoms with van der Waals surface area (Å²) in [6.45, 7) is 5.36. The van der Waals surface area contributed by atoms with E-state index in [1.165, 1.54) is 0 Å². The van der Waals surface area contributed by atoms with Gasteiger partial charge in [-0.1, -0.05) is 19.0 Å². The zero-order chi connectivity index (χ0) is 13.7. The molecule has 1 unspecified atom stereocenters. The first kappa shape index (κ1) is 14.7. The average Bonchev–Trinajstić information content (AvgIpc) is 3.03. The van der Waals surface area contributed by atoms with Crippen LogP contribution in [0.25, 0.3) is 10.7 Å². The molecule has 0 aromatic carbocycles. The molecule has 2 heterocycles. The summed E-state index contributed by atoms with van der Waals surface area (Å²) in [7, 11) is 0. The van der Waals surface area contributed by atoms with E-state index >= 15 is 0 Å². The molecule has 1 N–H and O–H groups in total. The Kier molecular flexibility index (Phi) is 5.54. The van der Waals surface area contributed by atoms with Crippen LogP contribution in [0.5, 0.6) is 0 Å². The molecule has 2 aromatic rings. The molecule has 0 aliphatic heterocycles. The largest absolute Gasteiger partial charge is 0.339 e. The van der Waals surface area contributed by atoms with Crippen molar-refractivity contribution in [1.29, 1.82) is 0 Å². The molecular formula is C13H18BrN3OS. The molecule has 0 aliphatic rings. The standard InChI is InChI=1S/C13H18BrN3OS/c1-3-7-15-9(4-2)8-12-16-13(17-18-12)10-5-6-11(14)19-10/h5-6,9,15H,3-4,7-8H2,1-2H3. The van der Waals surface area contributed by atoms with E-state index in [0.29, 0.717) is 17.8 Å². The van der Waals surface area contributed by atoms with Crippen LogP contribution >= 0.6 is 27.3 Å². The highest BCUT2D eigenvalue weighted by Crippen LogP contribution is 2.29. The van der Waals surface area contributed by atoms with Gasteiger partial charge in [0.1, 0.15) is 0 Å². The first-order valence-corrected chi connectivity index (χ1v) is 8.15. The molecular weight excluding hydrogens is 326 g/mol. The fraction of sp³-hybridized carbons (Fsp3) is 0.538. The molecule has 6 heteroatoms. The van der Waals surface area contributed by atoms with Gasteiger partial charge in [0.05, 0.1) is 8.66 Å². The van der Waals surface area contributed by atoms with E-state index in [1.807, 2.05) is 12.1 Å². The molecule has 0 saturated carbocycles.